The Kier molecular flexibility index (Phi) is 5.67. The Labute approximate surface area is 113 Å². The van der Waals surface area contributed by atoms with Crippen molar-refractivity contribution in [2.45, 2.75) is 0 Å². The molecule has 0 fully saturated rings. The highest BCUT2D eigenvalue weighted by atomic mass is 35.5. The van der Waals surface area contributed by atoms with Gasteiger partial charge in [0.05, 0.1) is 10.7 Å². The molecule has 18 heavy (non-hydrogen) atoms. The highest BCUT2D eigenvalue weighted by Crippen LogP contribution is 2.27. The van der Waals surface area contributed by atoms with E-state index >= 15 is 0 Å². The van der Waals surface area contributed by atoms with E-state index in [-0.39, 0.29) is 28.1 Å². The molecule has 0 bridgehead atoms. The van der Waals surface area contributed by atoms with E-state index in [1.165, 1.54) is 30.0 Å². The Balaban J connectivity index is 2.74. The summed E-state index contributed by atoms with van der Waals surface area (Å²) in [6.45, 7) is 3.53. The second-order valence-electron chi connectivity index (χ2n) is 3.27. The molecule has 1 aromatic carbocycles. The van der Waals surface area contributed by atoms with Crippen molar-refractivity contribution in [3.8, 4) is 0 Å². The molecule has 1 aromatic rings. The quantitative estimate of drug-likeness (QED) is 0.377. The first-order chi connectivity index (χ1) is 8.54. The van der Waals surface area contributed by atoms with Crippen LogP contribution in [0.3, 0.4) is 0 Å². The molecule has 1 N–H and O–H groups in total. The number of anilines is 1. The van der Waals surface area contributed by atoms with Gasteiger partial charge in [0.1, 0.15) is 5.69 Å². The fourth-order valence-electron chi connectivity index (χ4n) is 1.18. The zero-order valence-corrected chi connectivity index (χ0v) is 11.0. The molecule has 1 amide bonds. The maximum absolute atomic E-state index is 11.5. The topological polar surface area (TPSA) is 72.2 Å². The monoisotopic (exact) mass is 286 g/mol. The van der Waals surface area contributed by atoms with Crippen LogP contribution in [0, 0.1) is 10.1 Å². The van der Waals surface area contributed by atoms with Crippen LogP contribution < -0.4 is 5.32 Å². The van der Waals surface area contributed by atoms with Crippen LogP contribution in [0.5, 0.6) is 0 Å². The number of nitro benzene ring substituents is 1. The minimum absolute atomic E-state index is 0.147. The summed E-state index contributed by atoms with van der Waals surface area (Å²) in [4.78, 5) is 21.7. The van der Waals surface area contributed by atoms with Crippen LogP contribution >= 0.6 is 23.4 Å². The summed E-state index contributed by atoms with van der Waals surface area (Å²) in [5, 5.41) is 13.5. The highest BCUT2D eigenvalue weighted by molar-refractivity contribution is 8.00. The number of nitrogens with one attached hydrogen (secondary N) is 1. The molecule has 7 heteroatoms. The van der Waals surface area contributed by atoms with Gasteiger partial charge < -0.3 is 5.32 Å². The summed E-state index contributed by atoms with van der Waals surface area (Å²) in [7, 11) is 0. The molecule has 0 aliphatic rings. The van der Waals surface area contributed by atoms with Crippen LogP contribution in [-0.2, 0) is 4.79 Å². The average Bonchev–Trinajstić information content (AvgIpc) is 2.31. The fraction of sp³-hybridized carbons (Fsp3) is 0.182. The Hall–Kier alpha value is -1.53. The maximum atomic E-state index is 11.5. The number of halogens is 1. The van der Waals surface area contributed by atoms with Gasteiger partial charge in [0.15, 0.2) is 0 Å². The molecule has 96 valence electrons. The van der Waals surface area contributed by atoms with Gasteiger partial charge >= 0.3 is 0 Å². The largest absolute Gasteiger partial charge is 0.320 e. The van der Waals surface area contributed by atoms with E-state index in [0.717, 1.165) is 0 Å². The van der Waals surface area contributed by atoms with Crippen molar-refractivity contribution in [3.05, 3.63) is 46.0 Å². The SMILES string of the molecule is C=CCSCC(=O)Nc1ccc(Cl)cc1[N+](=O)[O-]. The van der Waals surface area contributed by atoms with Gasteiger partial charge in [0, 0.05) is 16.8 Å². The molecule has 0 heterocycles. The van der Waals surface area contributed by atoms with Gasteiger partial charge in [-0.1, -0.05) is 17.7 Å². The lowest BCUT2D eigenvalue weighted by Gasteiger charge is -2.05. The van der Waals surface area contributed by atoms with E-state index in [0.29, 0.717) is 5.75 Å². The minimum atomic E-state index is -0.585. The van der Waals surface area contributed by atoms with E-state index in [9.17, 15) is 14.9 Å². The van der Waals surface area contributed by atoms with Gasteiger partial charge in [-0.05, 0) is 12.1 Å². The third-order valence-corrected chi connectivity index (χ3v) is 3.07. The molecule has 0 aromatic heterocycles. The molecule has 0 aliphatic carbocycles. The van der Waals surface area contributed by atoms with Crippen molar-refractivity contribution < 1.29 is 9.72 Å². The number of thioether (sulfide) groups is 1. The van der Waals surface area contributed by atoms with E-state index in [2.05, 4.69) is 11.9 Å². The summed E-state index contributed by atoms with van der Waals surface area (Å²) >= 11 is 7.04. The number of benzene rings is 1. The van der Waals surface area contributed by atoms with Crippen molar-refractivity contribution in [1.29, 1.82) is 0 Å². The summed E-state index contributed by atoms with van der Waals surface area (Å²) in [6.07, 6.45) is 1.68. The maximum Gasteiger partial charge on any atom is 0.294 e. The lowest BCUT2D eigenvalue weighted by atomic mass is 10.2. The van der Waals surface area contributed by atoms with Crippen LogP contribution in [-0.4, -0.2) is 22.3 Å². The number of amides is 1. The number of nitrogens with zero attached hydrogens (tertiary/aromatic N) is 1. The van der Waals surface area contributed by atoms with Gasteiger partial charge in [-0.25, -0.2) is 0 Å². The Morgan fingerprint density at radius 2 is 2.33 bits per heavy atom. The van der Waals surface area contributed by atoms with Gasteiger partial charge in [0.2, 0.25) is 5.91 Å². The average molecular weight is 287 g/mol. The van der Waals surface area contributed by atoms with Crippen LogP contribution in [0.4, 0.5) is 11.4 Å². The molecular weight excluding hydrogens is 276 g/mol. The molecule has 0 spiro atoms. The van der Waals surface area contributed by atoms with Gasteiger partial charge in [-0.3, -0.25) is 14.9 Å². The lowest BCUT2D eigenvalue weighted by Crippen LogP contribution is -2.15. The third-order valence-electron chi connectivity index (χ3n) is 1.90. The van der Waals surface area contributed by atoms with Crippen LogP contribution in [0.15, 0.2) is 30.9 Å². The first-order valence-electron chi connectivity index (χ1n) is 4.97. The van der Waals surface area contributed by atoms with E-state index in [1.54, 1.807) is 6.08 Å². The fourth-order valence-corrected chi connectivity index (χ4v) is 1.89. The molecule has 0 saturated carbocycles. The van der Waals surface area contributed by atoms with E-state index < -0.39 is 4.92 Å². The molecule has 0 unspecified atom stereocenters. The summed E-state index contributed by atoms with van der Waals surface area (Å²) < 4.78 is 0. The molecule has 0 aliphatic heterocycles. The van der Waals surface area contributed by atoms with Crippen molar-refractivity contribution in [2.24, 2.45) is 0 Å². The minimum Gasteiger partial charge on any atom is -0.320 e. The Bertz CT molecular complexity index is 479. The van der Waals surface area contributed by atoms with Crippen LogP contribution in [0.25, 0.3) is 0 Å². The second-order valence-corrected chi connectivity index (χ2v) is 4.74. The lowest BCUT2D eigenvalue weighted by molar-refractivity contribution is -0.383. The molecule has 0 atom stereocenters. The number of hydrogen-bond donors (Lipinski definition) is 1. The van der Waals surface area contributed by atoms with Crippen molar-refractivity contribution in [3.63, 3.8) is 0 Å². The Morgan fingerprint density at radius 3 is 2.94 bits per heavy atom. The van der Waals surface area contributed by atoms with Gasteiger partial charge in [0.25, 0.3) is 5.69 Å². The summed E-state index contributed by atoms with van der Waals surface area (Å²) in [6, 6.07) is 4.10. The predicted molar refractivity (Wildman–Crippen MR) is 74.3 cm³/mol. The summed E-state index contributed by atoms with van der Waals surface area (Å²) in [5.74, 6) is 0.564. The number of carbonyl (C=O) groups excluding carboxylic acids is 1. The smallest absolute Gasteiger partial charge is 0.294 e. The predicted octanol–water partition coefficient (Wildman–Crippen LogP) is 3.11. The molecule has 5 nitrogen and oxygen atoms in total. The summed E-state index contributed by atoms with van der Waals surface area (Å²) in [5.41, 5.74) is -0.0711. The third kappa shape index (κ3) is 4.38. The first kappa shape index (κ1) is 14.5. The molecule has 0 saturated heterocycles. The van der Waals surface area contributed by atoms with E-state index in [4.69, 9.17) is 11.6 Å². The van der Waals surface area contributed by atoms with Gasteiger partial charge in [-0.2, -0.15) is 0 Å². The number of nitro groups is 1. The van der Waals surface area contributed by atoms with Crippen molar-refractivity contribution >= 4 is 40.6 Å². The highest BCUT2D eigenvalue weighted by Gasteiger charge is 2.16. The van der Waals surface area contributed by atoms with Crippen LogP contribution in [0.1, 0.15) is 0 Å². The number of carbonyl (C=O) groups is 1. The van der Waals surface area contributed by atoms with Crippen molar-refractivity contribution in [2.75, 3.05) is 16.8 Å². The molecular formula is C11H11ClN2O3S. The molecule has 1 rings (SSSR count). The zero-order chi connectivity index (χ0) is 13.5. The standard InChI is InChI=1S/C11H11ClN2O3S/c1-2-5-18-7-11(15)13-9-4-3-8(12)6-10(9)14(16)17/h2-4,6H,1,5,7H2,(H,13,15). The van der Waals surface area contributed by atoms with Crippen molar-refractivity contribution in [1.82, 2.24) is 0 Å². The van der Waals surface area contributed by atoms with Crippen LogP contribution in [0.2, 0.25) is 5.02 Å². The number of hydrogen-bond acceptors (Lipinski definition) is 4. The van der Waals surface area contributed by atoms with Gasteiger partial charge in [-0.15, -0.1) is 18.3 Å². The zero-order valence-electron chi connectivity index (χ0n) is 9.39. The normalized spacial score (nSPS) is 9.83. The van der Waals surface area contributed by atoms with E-state index in [1.807, 2.05) is 0 Å². The molecule has 0 radical (unpaired) electrons. The second kappa shape index (κ2) is 7.03. The first-order valence-corrected chi connectivity index (χ1v) is 6.50. The Morgan fingerprint density at radius 1 is 1.61 bits per heavy atom. The number of rotatable bonds is 6.